The zero-order chi connectivity index (χ0) is 9.80. The summed E-state index contributed by atoms with van der Waals surface area (Å²) in [6, 6.07) is 0.716. The number of nitrogens with zero attached hydrogens (tertiary/aromatic N) is 3. The van der Waals surface area contributed by atoms with Crippen LogP contribution in [0.4, 0.5) is 0 Å². The van der Waals surface area contributed by atoms with Gasteiger partial charge in [-0.15, -0.1) is 10.2 Å². The molecule has 0 aliphatic carbocycles. The molecule has 1 atom stereocenters. The predicted molar refractivity (Wildman–Crippen MR) is 58.4 cm³/mol. The van der Waals surface area contributed by atoms with Crippen molar-refractivity contribution in [2.24, 2.45) is 7.05 Å². The summed E-state index contributed by atoms with van der Waals surface area (Å²) in [5, 5.41) is 11.4. The van der Waals surface area contributed by atoms with Crippen molar-refractivity contribution >= 4 is 11.8 Å². The third-order valence-corrected chi connectivity index (χ3v) is 3.68. The summed E-state index contributed by atoms with van der Waals surface area (Å²) >= 11 is 2.04. The molecule has 0 saturated carbocycles. The van der Waals surface area contributed by atoms with Gasteiger partial charge in [-0.1, -0.05) is 0 Å². The van der Waals surface area contributed by atoms with Gasteiger partial charge in [0.2, 0.25) is 0 Å². The van der Waals surface area contributed by atoms with E-state index in [-0.39, 0.29) is 0 Å². The molecule has 0 aromatic carbocycles. The molecule has 5 heteroatoms. The fraction of sp³-hybridized carbons (Fsp3) is 0.778. The van der Waals surface area contributed by atoms with Crippen LogP contribution >= 0.6 is 11.8 Å². The third-order valence-electron chi connectivity index (χ3n) is 2.52. The summed E-state index contributed by atoms with van der Waals surface area (Å²) in [4.78, 5) is 0. The zero-order valence-electron chi connectivity index (χ0n) is 8.44. The van der Waals surface area contributed by atoms with Crippen LogP contribution in [0.1, 0.15) is 12.2 Å². The van der Waals surface area contributed by atoms with Crippen LogP contribution < -0.4 is 5.32 Å². The summed E-state index contributed by atoms with van der Waals surface area (Å²) in [6.07, 6.45) is 4.03. The molecule has 1 N–H and O–H groups in total. The van der Waals surface area contributed by atoms with Crippen molar-refractivity contribution < 1.29 is 0 Å². The Hall–Kier alpha value is -0.550. The molecule has 0 spiro atoms. The maximum absolute atomic E-state index is 4.05. The zero-order valence-corrected chi connectivity index (χ0v) is 9.26. The van der Waals surface area contributed by atoms with Crippen LogP contribution in [-0.2, 0) is 13.5 Å². The summed E-state index contributed by atoms with van der Waals surface area (Å²) < 4.78 is 1.98. The highest BCUT2D eigenvalue weighted by Crippen LogP contribution is 2.16. The second-order valence-electron chi connectivity index (χ2n) is 3.62. The van der Waals surface area contributed by atoms with Crippen LogP contribution in [0.2, 0.25) is 0 Å². The van der Waals surface area contributed by atoms with Crippen molar-refractivity contribution in [1.29, 1.82) is 0 Å². The van der Waals surface area contributed by atoms with Crippen molar-refractivity contribution in [2.45, 2.75) is 18.9 Å². The minimum absolute atomic E-state index is 0.716. The van der Waals surface area contributed by atoms with Crippen LogP contribution in [0.25, 0.3) is 0 Å². The molecule has 1 aliphatic heterocycles. The highest BCUT2D eigenvalue weighted by Gasteiger charge is 2.14. The van der Waals surface area contributed by atoms with Crippen LogP contribution in [0, 0.1) is 0 Å². The van der Waals surface area contributed by atoms with Gasteiger partial charge in [0, 0.05) is 31.8 Å². The van der Waals surface area contributed by atoms with Gasteiger partial charge in [0.1, 0.15) is 12.2 Å². The van der Waals surface area contributed by atoms with E-state index in [0.717, 1.165) is 18.8 Å². The van der Waals surface area contributed by atoms with E-state index in [1.54, 1.807) is 6.33 Å². The van der Waals surface area contributed by atoms with Gasteiger partial charge in [0.15, 0.2) is 0 Å². The van der Waals surface area contributed by atoms with Crippen molar-refractivity contribution in [3.8, 4) is 0 Å². The Morgan fingerprint density at radius 3 is 3.29 bits per heavy atom. The minimum Gasteiger partial charge on any atom is -0.321 e. The van der Waals surface area contributed by atoms with Gasteiger partial charge in [-0.2, -0.15) is 11.8 Å². The molecule has 2 rings (SSSR count). The molecule has 1 aromatic heterocycles. The number of hydrogen-bond acceptors (Lipinski definition) is 4. The number of thioether (sulfide) groups is 1. The van der Waals surface area contributed by atoms with Gasteiger partial charge in [0.05, 0.1) is 0 Å². The Balaban J connectivity index is 1.70. The molecule has 1 unspecified atom stereocenters. The molecule has 1 fully saturated rings. The number of hydrogen-bond donors (Lipinski definition) is 1. The lowest BCUT2D eigenvalue weighted by Crippen LogP contribution is -2.30. The van der Waals surface area contributed by atoms with Gasteiger partial charge in [-0.3, -0.25) is 0 Å². The average Bonchev–Trinajstić information content (AvgIpc) is 2.78. The number of rotatable bonds is 4. The van der Waals surface area contributed by atoms with E-state index in [1.165, 1.54) is 17.9 Å². The molecule has 2 heterocycles. The standard InChI is InChI=1S/C9H16N4S/c1-13-7-11-12-9(13)2-4-10-8-3-5-14-6-8/h7-8,10H,2-6H2,1H3. The minimum atomic E-state index is 0.716. The maximum atomic E-state index is 4.05. The van der Waals surface area contributed by atoms with Crippen molar-refractivity contribution in [2.75, 3.05) is 18.1 Å². The summed E-state index contributed by atoms with van der Waals surface area (Å²) in [7, 11) is 1.99. The van der Waals surface area contributed by atoms with Crippen LogP contribution in [0.5, 0.6) is 0 Å². The van der Waals surface area contributed by atoms with Gasteiger partial charge in [-0.05, 0) is 12.2 Å². The van der Waals surface area contributed by atoms with E-state index in [1.807, 2.05) is 23.4 Å². The number of nitrogens with one attached hydrogen (secondary N) is 1. The van der Waals surface area contributed by atoms with E-state index in [4.69, 9.17) is 0 Å². The van der Waals surface area contributed by atoms with E-state index < -0.39 is 0 Å². The molecule has 78 valence electrons. The van der Waals surface area contributed by atoms with Crippen LogP contribution in [0.15, 0.2) is 6.33 Å². The van der Waals surface area contributed by atoms with Gasteiger partial charge in [0.25, 0.3) is 0 Å². The second-order valence-corrected chi connectivity index (χ2v) is 4.77. The van der Waals surface area contributed by atoms with Gasteiger partial charge in [-0.25, -0.2) is 0 Å². The molecule has 1 aromatic rings. The second kappa shape index (κ2) is 4.79. The molecule has 0 bridgehead atoms. The Morgan fingerprint density at radius 1 is 1.71 bits per heavy atom. The quantitative estimate of drug-likeness (QED) is 0.787. The van der Waals surface area contributed by atoms with Crippen LogP contribution in [0.3, 0.4) is 0 Å². The summed E-state index contributed by atoms with van der Waals surface area (Å²) in [5.41, 5.74) is 0. The van der Waals surface area contributed by atoms with Crippen molar-refractivity contribution in [3.05, 3.63) is 12.2 Å². The fourth-order valence-electron chi connectivity index (χ4n) is 1.62. The van der Waals surface area contributed by atoms with E-state index in [0.29, 0.717) is 6.04 Å². The predicted octanol–water partition coefficient (Wildman–Crippen LogP) is 0.453. The molecule has 1 aliphatic rings. The molecule has 1 saturated heterocycles. The first kappa shape index (κ1) is 9.98. The fourth-order valence-corrected chi connectivity index (χ4v) is 2.80. The average molecular weight is 212 g/mol. The van der Waals surface area contributed by atoms with Crippen LogP contribution in [-0.4, -0.2) is 38.9 Å². The topological polar surface area (TPSA) is 42.7 Å². The molecular weight excluding hydrogens is 196 g/mol. The van der Waals surface area contributed by atoms with Gasteiger partial charge < -0.3 is 9.88 Å². The highest BCUT2D eigenvalue weighted by molar-refractivity contribution is 7.99. The monoisotopic (exact) mass is 212 g/mol. The lowest BCUT2D eigenvalue weighted by molar-refractivity contribution is 0.550. The maximum Gasteiger partial charge on any atom is 0.133 e. The highest BCUT2D eigenvalue weighted by atomic mass is 32.2. The lowest BCUT2D eigenvalue weighted by atomic mass is 10.2. The Morgan fingerprint density at radius 2 is 2.64 bits per heavy atom. The first-order valence-corrected chi connectivity index (χ1v) is 6.16. The number of aromatic nitrogens is 3. The summed E-state index contributed by atoms with van der Waals surface area (Å²) in [5.74, 6) is 3.63. The summed E-state index contributed by atoms with van der Waals surface area (Å²) in [6.45, 7) is 1.01. The van der Waals surface area contributed by atoms with Crippen molar-refractivity contribution in [3.63, 3.8) is 0 Å². The SMILES string of the molecule is Cn1cnnc1CCNC1CCSC1. The molecule has 4 nitrogen and oxygen atoms in total. The molecule has 14 heavy (non-hydrogen) atoms. The first-order valence-electron chi connectivity index (χ1n) is 5.00. The van der Waals surface area contributed by atoms with E-state index in [9.17, 15) is 0 Å². The third kappa shape index (κ3) is 2.48. The Kier molecular flexibility index (Phi) is 3.42. The smallest absolute Gasteiger partial charge is 0.133 e. The van der Waals surface area contributed by atoms with E-state index >= 15 is 0 Å². The van der Waals surface area contributed by atoms with Crippen molar-refractivity contribution in [1.82, 2.24) is 20.1 Å². The Bertz CT molecular complexity index is 280. The number of aryl methyl sites for hydroxylation is 1. The van der Waals surface area contributed by atoms with Gasteiger partial charge >= 0.3 is 0 Å². The Labute approximate surface area is 88.5 Å². The largest absolute Gasteiger partial charge is 0.321 e. The molecule has 0 radical (unpaired) electrons. The lowest BCUT2D eigenvalue weighted by Gasteiger charge is -2.09. The molecule has 0 amide bonds. The molecular formula is C9H16N4S. The normalized spacial score (nSPS) is 21.6. The van der Waals surface area contributed by atoms with E-state index in [2.05, 4.69) is 15.5 Å². The first-order chi connectivity index (χ1) is 6.86.